The van der Waals surface area contributed by atoms with Crippen molar-refractivity contribution in [1.82, 2.24) is 15.5 Å². The Kier molecular flexibility index (Phi) is 13.0. The van der Waals surface area contributed by atoms with E-state index in [0.29, 0.717) is 12.5 Å². The van der Waals surface area contributed by atoms with E-state index in [1.165, 1.54) is 29.9 Å². The first-order valence-electron chi connectivity index (χ1n) is 9.08. The van der Waals surface area contributed by atoms with Gasteiger partial charge in [-0.15, -0.1) is 24.0 Å². The summed E-state index contributed by atoms with van der Waals surface area (Å²) in [6.07, 6.45) is 4.53. The van der Waals surface area contributed by atoms with Gasteiger partial charge in [-0.05, 0) is 24.1 Å². The number of aliphatic imine (C=N–C) groups is 1. The Morgan fingerprint density at radius 3 is 2.29 bits per heavy atom. The molecule has 0 heterocycles. The Morgan fingerprint density at radius 1 is 1.11 bits per heavy atom. The summed E-state index contributed by atoms with van der Waals surface area (Å²) < 4.78 is 22.6. The van der Waals surface area contributed by atoms with Gasteiger partial charge in [-0.1, -0.05) is 38.3 Å². The summed E-state index contributed by atoms with van der Waals surface area (Å²) in [5.41, 5.74) is 0.841. The van der Waals surface area contributed by atoms with Crippen molar-refractivity contribution in [2.75, 3.05) is 27.2 Å². The van der Waals surface area contributed by atoms with E-state index >= 15 is 0 Å². The van der Waals surface area contributed by atoms with Crippen molar-refractivity contribution >= 4 is 45.9 Å². The van der Waals surface area contributed by atoms with E-state index in [4.69, 9.17) is 5.14 Å². The van der Waals surface area contributed by atoms with Gasteiger partial charge in [0, 0.05) is 20.6 Å². The first kappa shape index (κ1) is 26.6. The average Bonchev–Trinajstić information content (AvgIpc) is 2.62. The fraction of sp³-hybridized carbons (Fsp3) is 0.556. The van der Waals surface area contributed by atoms with E-state index in [-0.39, 0.29) is 41.3 Å². The smallest absolute Gasteiger partial charge is 0.241 e. The van der Waals surface area contributed by atoms with Crippen LogP contribution in [0.3, 0.4) is 0 Å². The fourth-order valence-electron chi connectivity index (χ4n) is 2.21. The summed E-state index contributed by atoms with van der Waals surface area (Å²) in [5.74, 6) is 0.505. The number of hydrogen-bond donors (Lipinski definition) is 3. The Bertz CT molecular complexity index is 721. The van der Waals surface area contributed by atoms with Crippen LogP contribution in [0.15, 0.2) is 34.2 Å². The number of halogens is 1. The van der Waals surface area contributed by atoms with Gasteiger partial charge in [0.2, 0.25) is 15.9 Å². The number of likely N-dealkylation sites (N-methyl/N-ethyl adjacent to an activating group) is 1. The molecule has 10 heteroatoms. The SMILES string of the molecule is CCCCCCNC(=NCc1ccc(S(N)(=O)=O)cc1)NCC(=O)N(C)C.I. The van der Waals surface area contributed by atoms with Crippen LogP contribution in [0.25, 0.3) is 0 Å². The molecular weight excluding hydrogens is 493 g/mol. The largest absolute Gasteiger partial charge is 0.356 e. The van der Waals surface area contributed by atoms with E-state index in [0.717, 1.165) is 24.9 Å². The average molecular weight is 525 g/mol. The van der Waals surface area contributed by atoms with E-state index in [1.54, 1.807) is 26.2 Å². The van der Waals surface area contributed by atoms with Crippen LogP contribution in [0.1, 0.15) is 38.2 Å². The number of carbonyl (C=O) groups is 1. The molecular formula is C18H32IN5O3S. The number of rotatable bonds is 10. The molecule has 0 aliphatic carbocycles. The number of primary sulfonamides is 1. The molecule has 0 saturated heterocycles. The summed E-state index contributed by atoms with van der Waals surface area (Å²) in [5, 5.41) is 11.4. The number of benzene rings is 1. The fourth-order valence-corrected chi connectivity index (χ4v) is 2.72. The molecule has 0 bridgehead atoms. The van der Waals surface area contributed by atoms with Crippen molar-refractivity contribution in [3.63, 3.8) is 0 Å². The Hall–Kier alpha value is -1.40. The lowest BCUT2D eigenvalue weighted by atomic mass is 10.2. The highest BCUT2D eigenvalue weighted by atomic mass is 127. The maximum Gasteiger partial charge on any atom is 0.241 e. The quantitative estimate of drug-likeness (QED) is 0.186. The topological polar surface area (TPSA) is 117 Å². The molecule has 0 atom stereocenters. The molecule has 28 heavy (non-hydrogen) atoms. The molecule has 0 aliphatic heterocycles. The number of sulfonamides is 1. The number of amides is 1. The van der Waals surface area contributed by atoms with Gasteiger partial charge in [0.1, 0.15) is 0 Å². The molecule has 1 aromatic rings. The van der Waals surface area contributed by atoms with E-state index in [1.807, 2.05) is 0 Å². The highest BCUT2D eigenvalue weighted by Crippen LogP contribution is 2.09. The van der Waals surface area contributed by atoms with Gasteiger partial charge in [-0.25, -0.2) is 18.5 Å². The first-order valence-corrected chi connectivity index (χ1v) is 10.6. The molecule has 0 saturated carbocycles. The van der Waals surface area contributed by atoms with Crippen LogP contribution in [0.5, 0.6) is 0 Å². The predicted molar refractivity (Wildman–Crippen MR) is 123 cm³/mol. The van der Waals surface area contributed by atoms with Crippen molar-refractivity contribution < 1.29 is 13.2 Å². The number of carbonyl (C=O) groups excluding carboxylic acids is 1. The first-order chi connectivity index (χ1) is 12.7. The highest BCUT2D eigenvalue weighted by molar-refractivity contribution is 14.0. The Labute approximate surface area is 185 Å². The standard InChI is InChI=1S/C18H31N5O3S.HI/c1-4-5-6-7-12-20-18(22-14-17(24)23(2)3)21-13-15-8-10-16(11-9-15)27(19,25)26;/h8-11H,4-7,12-14H2,1-3H3,(H2,19,25,26)(H2,20,21,22);1H. The molecule has 0 radical (unpaired) electrons. The van der Waals surface area contributed by atoms with Crippen molar-refractivity contribution in [3.05, 3.63) is 29.8 Å². The normalized spacial score (nSPS) is 11.5. The lowest BCUT2D eigenvalue weighted by Crippen LogP contribution is -2.43. The van der Waals surface area contributed by atoms with Crippen molar-refractivity contribution in [3.8, 4) is 0 Å². The number of guanidine groups is 1. The molecule has 1 aromatic carbocycles. The summed E-state index contributed by atoms with van der Waals surface area (Å²) in [4.78, 5) is 17.8. The Balaban J connectivity index is 0.00000729. The van der Waals surface area contributed by atoms with Crippen molar-refractivity contribution in [2.45, 2.75) is 44.0 Å². The lowest BCUT2D eigenvalue weighted by molar-refractivity contribution is -0.127. The minimum absolute atomic E-state index is 0. The molecule has 1 amide bonds. The Morgan fingerprint density at radius 2 is 1.75 bits per heavy atom. The van der Waals surface area contributed by atoms with Crippen LogP contribution in [0.4, 0.5) is 0 Å². The van der Waals surface area contributed by atoms with Gasteiger partial charge in [0.15, 0.2) is 5.96 Å². The molecule has 4 N–H and O–H groups in total. The second-order valence-electron chi connectivity index (χ2n) is 6.48. The maximum atomic E-state index is 11.8. The summed E-state index contributed by atoms with van der Waals surface area (Å²) >= 11 is 0. The van der Waals surface area contributed by atoms with E-state index in [9.17, 15) is 13.2 Å². The van der Waals surface area contributed by atoms with Crippen LogP contribution in [-0.4, -0.2) is 52.4 Å². The second-order valence-corrected chi connectivity index (χ2v) is 8.04. The lowest BCUT2D eigenvalue weighted by Gasteiger charge is -2.15. The number of hydrogen-bond acceptors (Lipinski definition) is 4. The zero-order valence-electron chi connectivity index (χ0n) is 16.8. The molecule has 0 unspecified atom stereocenters. The molecule has 0 fully saturated rings. The van der Waals surface area contributed by atoms with Crippen LogP contribution < -0.4 is 15.8 Å². The van der Waals surface area contributed by atoms with E-state index in [2.05, 4.69) is 22.5 Å². The third-order valence-electron chi connectivity index (χ3n) is 3.90. The third-order valence-corrected chi connectivity index (χ3v) is 4.83. The third kappa shape index (κ3) is 10.8. The number of unbranched alkanes of at least 4 members (excludes halogenated alkanes) is 3. The summed E-state index contributed by atoms with van der Waals surface area (Å²) in [6, 6.07) is 6.27. The van der Waals surface area contributed by atoms with Gasteiger partial charge in [0.25, 0.3) is 0 Å². The van der Waals surface area contributed by atoms with Crippen LogP contribution in [-0.2, 0) is 21.4 Å². The number of nitrogens with one attached hydrogen (secondary N) is 2. The minimum Gasteiger partial charge on any atom is -0.356 e. The van der Waals surface area contributed by atoms with Gasteiger partial charge < -0.3 is 15.5 Å². The van der Waals surface area contributed by atoms with Gasteiger partial charge in [-0.2, -0.15) is 0 Å². The zero-order chi connectivity index (χ0) is 20.3. The van der Waals surface area contributed by atoms with Crippen molar-refractivity contribution in [2.24, 2.45) is 10.1 Å². The number of nitrogens with zero attached hydrogens (tertiary/aromatic N) is 2. The zero-order valence-corrected chi connectivity index (χ0v) is 19.9. The summed E-state index contributed by atoms with van der Waals surface area (Å²) in [6.45, 7) is 3.44. The van der Waals surface area contributed by atoms with Crippen LogP contribution in [0, 0.1) is 0 Å². The molecule has 160 valence electrons. The second kappa shape index (κ2) is 13.7. The van der Waals surface area contributed by atoms with E-state index < -0.39 is 10.0 Å². The molecule has 0 aromatic heterocycles. The van der Waals surface area contributed by atoms with Crippen molar-refractivity contribution in [1.29, 1.82) is 0 Å². The highest BCUT2D eigenvalue weighted by Gasteiger charge is 2.08. The molecule has 0 spiro atoms. The van der Waals surface area contributed by atoms with Gasteiger partial charge in [-0.3, -0.25) is 4.79 Å². The monoisotopic (exact) mass is 525 g/mol. The van der Waals surface area contributed by atoms with Crippen LogP contribution >= 0.6 is 24.0 Å². The predicted octanol–water partition coefficient (Wildman–Crippen LogP) is 1.66. The van der Waals surface area contributed by atoms with Gasteiger partial charge >= 0.3 is 0 Å². The molecule has 8 nitrogen and oxygen atoms in total. The van der Waals surface area contributed by atoms with Crippen LogP contribution in [0.2, 0.25) is 0 Å². The molecule has 1 rings (SSSR count). The summed E-state index contributed by atoms with van der Waals surface area (Å²) in [7, 11) is -0.299. The maximum absolute atomic E-state index is 11.8. The molecule has 0 aliphatic rings. The van der Waals surface area contributed by atoms with Gasteiger partial charge in [0.05, 0.1) is 18.0 Å². The minimum atomic E-state index is -3.70. The number of nitrogens with two attached hydrogens (primary N) is 1.